The fraction of sp³-hybridized carbons (Fsp3) is 0.882. The van der Waals surface area contributed by atoms with Crippen molar-refractivity contribution in [1.82, 2.24) is 15.5 Å². The van der Waals surface area contributed by atoms with Gasteiger partial charge in [0.05, 0.1) is 6.54 Å². The van der Waals surface area contributed by atoms with E-state index >= 15 is 0 Å². The number of hydrogen-bond acceptors (Lipinski definition) is 2. The Labute approximate surface area is 159 Å². The minimum atomic E-state index is 0. The van der Waals surface area contributed by atoms with Crippen LogP contribution >= 0.6 is 24.0 Å². The zero-order chi connectivity index (χ0) is 16.4. The lowest BCUT2D eigenvalue weighted by atomic mass is 10.0. The van der Waals surface area contributed by atoms with E-state index in [9.17, 15) is 4.79 Å². The van der Waals surface area contributed by atoms with E-state index in [0.717, 1.165) is 50.8 Å². The van der Waals surface area contributed by atoms with Gasteiger partial charge in [0.1, 0.15) is 0 Å². The number of carbonyl (C=O) groups is 1. The number of nitrogens with one attached hydrogen (secondary N) is 2. The molecule has 1 saturated heterocycles. The summed E-state index contributed by atoms with van der Waals surface area (Å²) in [6.07, 6.45) is 5.14. The SMILES string of the molecule is CCNC(=NCCC(=O)N1CCCC1)NC(C)CCC(C)C.I. The lowest BCUT2D eigenvalue weighted by Crippen LogP contribution is -2.42. The molecule has 0 aromatic rings. The molecule has 0 aliphatic carbocycles. The molecule has 1 fully saturated rings. The van der Waals surface area contributed by atoms with E-state index in [1.807, 2.05) is 4.90 Å². The zero-order valence-electron chi connectivity index (χ0n) is 15.2. The van der Waals surface area contributed by atoms with Gasteiger partial charge >= 0.3 is 0 Å². The van der Waals surface area contributed by atoms with Crippen LogP contribution in [0.25, 0.3) is 0 Å². The molecule has 1 rings (SSSR count). The predicted molar refractivity (Wildman–Crippen MR) is 108 cm³/mol. The molecular weight excluding hydrogens is 403 g/mol. The van der Waals surface area contributed by atoms with Crippen molar-refractivity contribution in [1.29, 1.82) is 0 Å². The third kappa shape index (κ3) is 10.0. The largest absolute Gasteiger partial charge is 0.357 e. The van der Waals surface area contributed by atoms with Crippen LogP contribution in [0.1, 0.15) is 59.8 Å². The number of aliphatic imine (C=N–C) groups is 1. The molecule has 5 nitrogen and oxygen atoms in total. The van der Waals surface area contributed by atoms with Crippen LogP contribution in [0, 0.1) is 5.92 Å². The Morgan fingerprint density at radius 1 is 1.17 bits per heavy atom. The molecule has 0 aromatic carbocycles. The van der Waals surface area contributed by atoms with Crippen LogP contribution in [-0.4, -0.2) is 49.0 Å². The number of carbonyl (C=O) groups excluding carboxylic acids is 1. The molecule has 1 amide bonds. The monoisotopic (exact) mass is 438 g/mol. The van der Waals surface area contributed by atoms with Gasteiger partial charge in [0, 0.05) is 32.1 Å². The Morgan fingerprint density at radius 2 is 1.83 bits per heavy atom. The van der Waals surface area contributed by atoms with Gasteiger partial charge in [-0.15, -0.1) is 24.0 Å². The van der Waals surface area contributed by atoms with Crippen molar-refractivity contribution in [3.8, 4) is 0 Å². The number of hydrogen-bond donors (Lipinski definition) is 2. The first-order valence-electron chi connectivity index (χ1n) is 8.85. The molecule has 1 aliphatic heterocycles. The first-order valence-corrected chi connectivity index (χ1v) is 8.85. The Bertz CT molecular complexity index is 355. The average molecular weight is 438 g/mol. The minimum Gasteiger partial charge on any atom is -0.357 e. The fourth-order valence-electron chi connectivity index (χ4n) is 2.60. The van der Waals surface area contributed by atoms with E-state index in [2.05, 4.69) is 43.3 Å². The number of guanidine groups is 1. The molecule has 6 heteroatoms. The van der Waals surface area contributed by atoms with Crippen LogP contribution in [0.3, 0.4) is 0 Å². The number of halogens is 1. The summed E-state index contributed by atoms with van der Waals surface area (Å²) in [5.74, 6) is 1.79. The topological polar surface area (TPSA) is 56.7 Å². The first-order chi connectivity index (χ1) is 10.5. The van der Waals surface area contributed by atoms with Gasteiger partial charge in [0.25, 0.3) is 0 Å². The van der Waals surface area contributed by atoms with Crippen molar-refractivity contribution in [3.05, 3.63) is 0 Å². The van der Waals surface area contributed by atoms with Crippen LogP contribution < -0.4 is 10.6 Å². The van der Waals surface area contributed by atoms with Crippen molar-refractivity contribution >= 4 is 35.8 Å². The standard InChI is InChI=1S/C17H34N4O.HI/c1-5-18-17(20-15(4)9-8-14(2)3)19-11-10-16(22)21-12-6-7-13-21;/h14-15H,5-13H2,1-4H3,(H2,18,19,20);1H. The highest BCUT2D eigenvalue weighted by atomic mass is 127. The van der Waals surface area contributed by atoms with Gasteiger partial charge in [-0.1, -0.05) is 13.8 Å². The molecule has 0 radical (unpaired) electrons. The maximum Gasteiger partial charge on any atom is 0.224 e. The summed E-state index contributed by atoms with van der Waals surface area (Å²) in [4.78, 5) is 18.5. The van der Waals surface area contributed by atoms with Crippen LogP contribution in [0.4, 0.5) is 0 Å². The van der Waals surface area contributed by atoms with Gasteiger partial charge in [-0.3, -0.25) is 9.79 Å². The second kappa shape index (κ2) is 12.8. The van der Waals surface area contributed by atoms with Gasteiger partial charge < -0.3 is 15.5 Å². The van der Waals surface area contributed by atoms with E-state index in [-0.39, 0.29) is 29.9 Å². The summed E-state index contributed by atoms with van der Waals surface area (Å²) in [5.41, 5.74) is 0. The molecule has 0 bridgehead atoms. The Balaban J connectivity index is 0.00000484. The van der Waals surface area contributed by atoms with Gasteiger partial charge in [0.2, 0.25) is 5.91 Å². The van der Waals surface area contributed by atoms with Gasteiger partial charge in [0.15, 0.2) is 5.96 Å². The van der Waals surface area contributed by atoms with Crippen LogP contribution in [-0.2, 0) is 4.79 Å². The van der Waals surface area contributed by atoms with Crippen molar-refractivity contribution in [2.75, 3.05) is 26.2 Å². The highest BCUT2D eigenvalue weighted by Gasteiger charge is 2.17. The van der Waals surface area contributed by atoms with Gasteiger partial charge in [-0.05, 0) is 45.4 Å². The zero-order valence-corrected chi connectivity index (χ0v) is 17.6. The maximum atomic E-state index is 12.0. The van der Waals surface area contributed by atoms with Crippen molar-refractivity contribution in [2.45, 2.75) is 65.8 Å². The van der Waals surface area contributed by atoms with Crippen LogP contribution in [0.15, 0.2) is 4.99 Å². The third-order valence-corrected chi connectivity index (χ3v) is 3.96. The van der Waals surface area contributed by atoms with E-state index < -0.39 is 0 Å². The number of amides is 1. The normalized spacial score (nSPS) is 16.2. The summed E-state index contributed by atoms with van der Waals surface area (Å²) in [5, 5.41) is 6.69. The minimum absolute atomic E-state index is 0. The second-order valence-electron chi connectivity index (χ2n) is 6.62. The van der Waals surface area contributed by atoms with E-state index in [1.54, 1.807) is 0 Å². The Morgan fingerprint density at radius 3 is 2.39 bits per heavy atom. The number of rotatable bonds is 8. The molecule has 1 unspecified atom stereocenters. The quantitative estimate of drug-likeness (QED) is 0.348. The molecule has 2 N–H and O–H groups in total. The summed E-state index contributed by atoms with van der Waals surface area (Å²) in [6.45, 7) is 12.0. The molecule has 1 heterocycles. The summed E-state index contributed by atoms with van der Waals surface area (Å²) in [6, 6.07) is 0.398. The highest BCUT2D eigenvalue weighted by molar-refractivity contribution is 14.0. The lowest BCUT2D eigenvalue weighted by molar-refractivity contribution is -0.129. The maximum absolute atomic E-state index is 12.0. The van der Waals surface area contributed by atoms with Crippen LogP contribution in [0.2, 0.25) is 0 Å². The second-order valence-corrected chi connectivity index (χ2v) is 6.62. The van der Waals surface area contributed by atoms with E-state index in [1.165, 1.54) is 6.42 Å². The summed E-state index contributed by atoms with van der Waals surface area (Å²) < 4.78 is 0. The molecule has 1 atom stereocenters. The number of nitrogens with zero attached hydrogens (tertiary/aromatic N) is 2. The average Bonchev–Trinajstić information content (AvgIpc) is 2.99. The molecule has 136 valence electrons. The first kappa shape index (κ1) is 22.5. The molecule has 0 saturated carbocycles. The summed E-state index contributed by atoms with van der Waals surface area (Å²) in [7, 11) is 0. The van der Waals surface area contributed by atoms with E-state index in [4.69, 9.17) is 0 Å². The molecule has 0 spiro atoms. The summed E-state index contributed by atoms with van der Waals surface area (Å²) >= 11 is 0. The smallest absolute Gasteiger partial charge is 0.224 e. The van der Waals surface area contributed by atoms with Gasteiger partial charge in [-0.25, -0.2) is 0 Å². The third-order valence-electron chi connectivity index (χ3n) is 3.96. The van der Waals surface area contributed by atoms with Crippen molar-refractivity contribution in [3.63, 3.8) is 0 Å². The Kier molecular flexibility index (Phi) is 12.5. The van der Waals surface area contributed by atoms with Crippen molar-refractivity contribution < 1.29 is 4.79 Å². The number of likely N-dealkylation sites (tertiary alicyclic amines) is 1. The molecule has 0 aromatic heterocycles. The fourth-order valence-corrected chi connectivity index (χ4v) is 2.60. The molecular formula is C17H35IN4O. The van der Waals surface area contributed by atoms with Crippen LogP contribution in [0.5, 0.6) is 0 Å². The molecule has 23 heavy (non-hydrogen) atoms. The van der Waals surface area contributed by atoms with Crippen molar-refractivity contribution in [2.24, 2.45) is 10.9 Å². The molecule has 1 aliphatic rings. The van der Waals surface area contributed by atoms with E-state index in [0.29, 0.717) is 19.0 Å². The lowest BCUT2D eigenvalue weighted by Gasteiger charge is -2.19. The predicted octanol–water partition coefficient (Wildman–Crippen LogP) is 3.00. The Hall–Kier alpha value is -0.530. The highest BCUT2D eigenvalue weighted by Crippen LogP contribution is 2.09. The van der Waals surface area contributed by atoms with Gasteiger partial charge in [-0.2, -0.15) is 0 Å².